The van der Waals surface area contributed by atoms with Crippen molar-refractivity contribution in [1.82, 2.24) is 4.90 Å². The Labute approximate surface area is 170 Å². The third kappa shape index (κ3) is 3.29. The van der Waals surface area contributed by atoms with E-state index in [-0.39, 0.29) is 40.5 Å². The van der Waals surface area contributed by atoms with Crippen LogP contribution in [0.1, 0.15) is 6.42 Å². The first-order valence-corrected chi connectivity index (χ1v) is 9.55. The molecule has 9 heteroatoms. The number of likely N-dealkylation sites (tertiary alicyclic amines) is 1. The molecule has 146 valence electrons. The van der Waals surface area contributed by atoms with Crippen molar-refractivity contribution in [2.24, 2.45) is 23.7 Å². The van der Waals surface area contributed by atoms with Crippen LogP contribution in [0.5, 0.6) is 0 Å². The Hall–Kier alpha value is -2.38. The molecule has 7 nitrogen and oxygen atoms in total. The van der Waals surface area contributed by atoms with E-state index in [0.717, 1.165) is 11.3 Å². The lowest BCUT2D eigenvalue weighted by atomic mass is 9.85. The Morgan fingerprint density at radius 3 is 2.36 bits per heavy atom. The number of nitrogens with one attached hydrogen (secondary N) is 1. The molecule has 2 fully saturated rings. The minimum atomic E-state index is -0.820. The number of fused-ring (bicyclic) bond motifs is 5. The van der Waals surface area contributed by atoms with Crippen LogP contribution in [0.15, 0.2) is 30.4 Å². The van der Waals surface area contributed by atoms with Gasteiger partial charge in [0.2, 0.25) is 11.8 Å². The van der Waals surface area contributed by atoms with Crippen molar-refractivity contribution in [2.45, 2.75) is 6.42 Å². The van der Waals surface area contributed by atoms with Gasteiger partial charge in [-0.2, -0.15) is 0 Å². The summed E-state index contributed by atoms with van der Waals surface area (Å²) in [7, 11) is 0. The second-order valence-corrected chi connectivity index (χ2v) is 7.94. The molecule has 3 amide bonds. The molecule has 1 aromatic rings. The maximum atomic E-state index is 12.5. The van der Waals surface area contributed by atoms with Gasteiger partial charge in [-0.05, 0) is 36.5 Å². The average molecular weight is 423 g/mol. The van der Waals surface area contributed by atoms with Gasteiger partial charge in [-0.1, -0.05) is 35.4 Å². The zero-order chi connectivity index (χ0) is 20.0. The molecule has 28 heavy (non-hydrogen) atoms. The quantitative estimate of drug-likeness (QED) is 0.446. The van der Waals surface area contributed by atoms with Crippen LogP contribution in [0.25, 0.3) is 0 Å². The molecule has 0 radical (unpaired) electrons. The van der Waals surface area contributed by atoms with E-state index in [1.165, 1.54) is 12.1 Å². The highest BCUT2D eigenvalue weighted by atomic mass is 35.5. The molecule has 0 spiro atoms. The highest BCUT2D eigenvalue weighted by molar-refractivity contribution is 6.36. The number of hydrogen-bond donors (Lipinski definition) is 1. The van der Waals surface area contributed by atoms with Crippen LogP contribution in [0, 0.1) is 23.7 Å². The van der Waals surface area contributed by atoms with E-state index in [0.29, 0.717) is 10.7 Å². The molecule has 1 saturated carbocycles. The molecule has 1 aliphatic heterocycles. The lowest BCUT2D eigenvalue weighted by Gasteiger charge is -2.16. The summed E-state index contributed by atoms with van der Waals surface area (Å²) in [4.78, 5) is 50.0. The summed E-state index contributed by atoms with van der Waals surface area (Å²) in [6.07, 6.45) is 4.77. The van der Waals surface area contributed by atoms with E-state index < -0.39 is 25.0 Å². The first kappa shape index (κ1) is 19.0. The summed E-state index contributed by atoms with van der Waals surface area (Å²) in [5, 5.41) is 3.16. The number of nitrogens with zero attached hydrogens (tertiary/aromatic N) is 1. The Kier molecular flexibility index (Phi) is 4.89. The lowest BCUT2D eigenvalue weighted by molar-refractivity contribution is -0.154. The highest BCUT2D eigenvalue weighted by Gasteiger charge is 2.59. The van der Waals surface area contributed by atoms with E-state index in [9.17, 15) is 19.2 Å². The topological polar surface area (TPSA) is 92.8 Å². The van der Waals surface area contributed by atoms with Crippen LogP contribution in [-0.4, -0.2) is 41.7 Å². The van der Waals surface area contributed by atoms with Crippen molar-refractivity contribution >= 4 is 52.6 Å². The van der Waals surface area contributed by atoms with Gasteiger partial charge in [0.25, 0.3) is 5.91 Å². The SMILES string of the molecule is O=C(COC(=O)CN1C(=O)[C@H]2[C@H](C1=O)[C@H]1C=C[C@H]2C1)Nc1ccc(Cl)cc1Cl. The average Bonchev–Trinajstić information content (AvgIpc) is 3.32. The fraction of sp³-hybridized carbons (Fsp3) is 0.368. The zero-order valence-electron chi connectivity index (χ0n) is 14.6. The standard InChI is InChI=1S/C19H16Cl2N2O5/c20-11-3-4-13(12(21)6-11)22-14(24)8-28-15(25)7-23-18(26)16-9-1-2-10(5-9)17(16)19(23)27/h1-4,6,9-10,16-17H,5,7-8H2,(H,22,24)/t9-,10-,16+,17+/m0/s1. The second kappa shape index (κ2) is 7.22. The Morgan fingerprint density at radius 1 is 1.11 bits per heavy atom. The summed E-state index contributed by atoms with van der Waals surface area (Å²) < 4.78 is 4.91. The largest absolute Gasteiger partial charge is 0.454 e. The Bertz CT molecular complexity index is 886. The number of halogens is 2. The number of allylic oxidation sites excluding steroid dienone is 2. The second-order valence-electron chi connectivity index (χ2n) is 7.10. The predicted octanol–water partition coefficient (Wildman–Crippen LogP) is 2.28. The van der Waals surface area contributed by atoms with Gasteiger partial charge in [0.1, 0.15) is 6.54 Å². The highest BCUT2D eigenvalue weighted by Crippen LogP contribution is 2.52. The summed E-state index contributed by atoms with van der Waals surface area (Å²) in [6, 6.07) is 4.54. The third-order valence-electron chi connectivity index (χ3n) is 5.42. The van der Waals surface area contributed by atoms with E-state index in [4.69, 9.17) is 27.9 Å². The summed E-state index contributed by atoms with van der Waals surface area (Å²) in [5.41, 5.74) is 0.327. The minimum Gasteiger partial charge on any atom is -0.454 e. The Balaban J connectivity index is 1.30. The number of amides is 3. The summed E-state index contributed by atoms with van der Waals surface area (Å²) in [5.74, 6) is -2.68. The van der Waals surface area contributed by atoms with Gasteiger partial charge in [-0.25, -0.2) is 0 Å². The smallest absolute Gasteiger partial charge is 0.326 e. The molecule has 0 aromatic heterocycles. The van der Waals surface area contributed by atoms with Crippen LogP contribution in [0.4, 0.5) is 5.69 Å². The van der Waals surface area contributed by atoms with Gasteiger partial charge in [-0.3, -0.25) is 24.1 Å². The first-order valence-electron chi connectivity index (χ1n) is 8.79. The van der Waals surface area contributed by atoms with E-state index in [1.54, 1.807) is 6.07 Å². The van der Waals surface area contributed by atoms with Gasteiger partial charge in [0, 0.05) is 5.02 Å². The van der Waals surface area contributed by atoms with E-state index in [2.05, 4.69) is 5.32 Å². The molecule has 2 bridgehead atoms. The van der Waals surface area contributed by atoms with Crippen molar-refractivity contribution < 1.29 is 23.9 Å². The summed E-state index contributed by atoms with van der Waals surface area (Å²) >= 11 is 11.8. The molecule has 3 aliphatic rings. The molecule has 1 aromatic carbocycles. The number of esters is 1. The van der Waals surface area contributed by atoms with Gasteiger partial charge in [0.15, 0.2) is 6.61 Å². The zero-order valence-corrected chi connectivity index (χ0v) is 16.1. The van der Waals surface area contributed by atoms with Gasteiger partial charge < -0.3 is 10.1 Å². The number of carbonyl (C=O) groups is 4. The molecule has 0 unspecified atom stereocenters. The number of anilines is 1. The number of ether oxygens (including phenoxy) is 1. The number of carbonyl (C=O) groups excluding carboxylic acids is 4. The fourth-order valence-corrected chi connectivity index (χ4v) is 4.67. The third-order valence-corrected chi connectivity index (χ3v) is 5.97. The summed E-state index contributed by atoms with van der Waals surface area (Å²) in [6.45, 7) is -1.05. The minimum absolute atomic E-state index is 0.0716. The predicted molar refractivity (Wildman–Crippen MR) is 100 cm³/mol. The van der Waals surface area contributed by atoms with Crippen molar-refractivity contribution in [1.29, 1.82) is 0 Å². The van der Waals surface area contributed by atoms with Crippen LogP contribution < -0.4 is 5.32 Å². The van der Waals surface area contributed by atoms with Crippen molar-refractivity contribution in [3.8, 4) is 0 Å². The first-order chi connectivity index (χ1) is 13.3. The fourth-order valence-electron chi connectivity index (χ4n) is 4.22. The lowest BCUT2D eigenvalue weighted by Crippen LogP contribution is -2.38. The molecular formula is C19H16Cl2N2O5. The number of imide groups is 1. The van der Waals surface area contributed by atoms with Crippen LogP contribution in [0.3, 0.4) is 0 Å². The van der Waals surface area contributed by atoms with Crippen LogP contribution in [0.2, 0.25) is 10.0 Å². The molecular weight excluding hydrogens is 407 g/mol. The number of benzene rings is 1. The number of hydrogen-bond acceptors (Lipinski definition) is 5. The molecule has 4 atom stereocenters. The normalized spacial score (nSPS) is 27.3. The molecule has 1 saturated heterocycles. The van der Waals surface area contributed by atoms with E-state index in [1.807, 2.05) is 12.2 Å². The van der Waals surface area contributed by atoms with E-state index >= 15 is 0 Å². The van der Waals surface area contributed by atoms with Crippen molar-refractivity contribution in [3.63, 3.8) is 0 Å². The molecule has 2 aliphatic carbocycles. The van der Waals surface area contributed by atoms with Crippen LogP contribution >= 0.6 is 23.2 Å². The van der Waals surface area contributed by atoms with Gasteiger partial charge in [0.05, 0.1) is 22.5 Å². The maximum absolute atomic E-state index is 12.5. The molecule has 1 N–H and O–H groups in total. The monoisotopic (exact) mass is 422 g/mol. The van der Waals surface area contributed by atoms with Crippen LogP contribution in [-0.2, 0) is 23.9 Å². The number of rotatable bonds is 5. The van der Waals surface area contributed by atoms with Gasteiger partial charge in [-0.15, -0.1) is 0 Å². The maximum Gasteiger partial charge on any atom is 0.326 e. The van der Waals surface area contributed by atoms with Crippen molar-refractivity contribution in [3.05, 3.63) is 40.4 Å². The Morgan fingerprint density at radius 2 is 1.75 bits per heavy atom. The molecule has 4 rings (SSSR count). The van der Waals surface area contributed by atoms with Gasteiger partial charge >= 0.3 is 5.97 Å². The molecule has 1 heterocycles. The van der Waals surface area contributed by atoms with Crippen molar-refractivity contribution in [2.75, 3.05) is 18.5 Å².